The topological polar surface area (TPSA) is 162 Å². The maximum atomic E-state index is 15.9. The molecule has 336 valence electrons. The lowest BCUT2D eigenvalue weighted by Gasteiger charge is -2.36. The van der Waals surface area contributed by atoms with E-state index in [9.17, 15) is 24.0 Å². The highest BCUT2D eigenvalue weighted by Gasteiger charge is 2.42. The molecule has 10 rings (SSSR count). The van der Waals surface area contributed by atoms with Gasteiger partial charge in [-0.15, -0.1) is 11.3 Å². The van der Waals surface area contributed by atoms with E-state index in [4.69, 9.17) is 0 Å². The van der Waals surface area contributed by atoms with Crippen LogP contribution in [0.2, 0.25) is 0 Å². The number of carbonyl (C=O) groups excluding carboxylic acids is 5. The van der Waals surface area contributed by atoms with Gasteiger partial charge in [-0.25, -0.2) is 18.7 Å². The van der Waals surface area contributed by atoms with E-state index in [0.29, 0.717) is 66.4 Å². The Kier molecular flexibility index (Phi) is 11.6. The lowest BCUT2D eigenvalue weighted by atomic mass is 9.88. The summed E-state index contributed by atoms with van der Waals surface area (Å²) in [7, 11) is 0. The van der Waals surface area contributed by atoms with Gasteiger partial charge >= 0.3 is 0 Å². The zero-order valence-corrected chi connectivity index (χ0v) is 36.5. The standard InChI is InChI=1S/C48H49F2N9O5S/c49-37-24-31(23-35-36(37)26-59(47(35)64)44(46(63)55-48-51-15-21-65-48)43-40-2-1-16-58(40)27-52-43)29-3-6-33(7-4-29)56-17-11-28(12-18-56)22-42(61)57-19-13-30(14-20-57)34-8-5-32(25-38(34)50)53-39-9-10-41(60)54-45(39)62/h3-8,15,21,23-25,27-28,30,39,44,53H,1-2,9-14,16-20,22,26H2,(H,51,55,63)(H,54,60,62). The van der Waals surface area contributed by atoms with Gasteiger partial charge in [0.25, 0.3) is 11.8 Å². The number of nitrogens with zero attached hydrogens (tertiary/aromatic N) is 6. The lowest BCUT2D eigenvalue weighted by molar-refractivity contribution is -0.134. The fourth-order valence-electron chi connectivity index (χ4n) is 10.2. The first kappa shape index (κ1) is 42.5. The number of likely N-dealkylation sites (tertiary alicyclic amines) is 1. The number of aromatic nitrogens is 3. The van der Waals surface area contributed by atoms with E-state index < -0.39 is 35.6 Å². The van der Waals surface area contributed by atoms with Crippen molar-refractivity contribution in [1.29, 1.82) is 0 Å². The minimum Gasteiger partial charge on any atom is -0.374 e. The minimum absolute atomic E-state index is 0.00559. The molecule has 2 atom stereocenters. The number of halogens is 2. The van der Waals surface area contributed by atoms with Crippen molar-refractivity contribution in [2.45, 2.75) is 88.9 Å². The van der Waals surface area contributed by atoms with Crippen LogP contribution >= 0.6 is 11.3 Å². The Morgan fingerprint density at radius 2 is 1.66 bits per heavy atom. The molecule has 3 aromatic carbocycles. The number of hydrogen-bond acceptors (Lipinski definition) is 10. The van der Waals surface area contributed by atoms with Gasteiger partial charge < -0.3 is 24.6 Å². The quantitative estimate of drug-likeness (QED) is 0.121. The van der Waals surface area contributed by atoms with E-state index in [1.165, 1.54) is 28.4 Å². The normalized spacial score (nSPS) is 19.6. The molecule has 5 aliphatic rings. The molecule has 3 fully saturated rings. The highest BCUT2D eigenvalue weighted by atomic mass is 32.1. The van der Waals surface area contributed by atoms with E-state index in [1.807, 2.05) is 33.7 Å². The van der Waals surface area contributed by atoms with Gasteiger partial charge in [-0.1, -0.05) is 18.2 Å². The molecule has 7 heterocycles. The van der Waals surface area contributed by atoms with Crippen LogP contribution in [-0.2, 0) is 38.7 Å². The summed E-state index contributed by atoms with van der Waals surface area (Å²) >= 11 is 1.27. The van der Waals surface area contributed by atoms with E-state index in [0.717, 1.165) is 62.3 Å². The van der Waals surface area contributed by atoms with Crippen molar-refractivity contribution in [2.24, 2.45) is 5.92 Å². The molecule has 5 aromatic rings. The van der Waals surface area contributed by atoms with Gasteiger partial charge in [0.1, 0.15) is 17.7 Å². The minimum atomic E-state index is -1.06. The number of amides is 5. The molecule has 5 aliphatic heterocycles. The largest absolute Gasteiger partial charge is 0.374 e. The Morgan fingerprint density at radius 1 is 0.862 bits per heavy atom. The summed E-state index contributed by atoms with van der Waals surface area (Å²) in [5, 5.41) is 10.3. The summed E-state index contributed by atoms with van der Waals surface area (Å²) in [6.45, 7) is 3.46. The molecule has 0 saturated carbocycles. The summed E-state index contributed by atoms with van der Waals surface area (Å²) in [4.78, 5) is 79.4. The SMILES string of the molecule is O=C1CCC(Nc2ccc(C3CCN(C(=O)CC4CCN(c5ccc(-c6cc(F)c7c(c6)C(=O)N(C(C(=O)Nc6nccs6)c6ncn8c6CCC8)C7)cc5)CC4)CC3)c(F)c2)C(=O)N1. The molecule has 17 heteroatoms. The van der Waals surface area contributed by atoms with Gasteiger partial charge in [0.05, 0.1) is 18.6 Å². The van der Waals surface area contributed by atoms with Crippen LogP contribution in [0, 0.1) is 17.6 Å². The molecule has 2 aromatic heterocycles. The molecule has 0 aliphatic carbocycles. The van der Waals surface area contributed by atoms with Gasteiger partial charge in [0.15, 0.2) is 11.2 Å². The molecule has 0 spiro atoms. The number of hydrogen-bond donors (Lipinski definition) is 3. The predicted octanol–water partition coefficient (Wildman–Crippen LogP) is 6.80. The number of thiazole rings is 1. The predicted molar refractivity (Wildman–Crippen MR) is 240 cm³/mol. The number of rotatable bonds is 11. The van der Waals surface area contributed by atoms with Crippen LogP contribution in [0.25, 0.3) is 11.1 Å². The van der Waals surface area contributed by atoms with Crippen LogP contribution in [0.3, 0.4) is 0 Å². The van der Waals surface area contributed by atoms with Crippen LogP contribution < -0.4 is 20.9 Å². The first-order valence-electron chi connectivity index (χ1n) is 22.5. The van der Waals surface area contributed by atoms with Crippen molar-refractivity contribution in [1.82, 2.24) is 29.7 Å². The monoisotopic (exact) mass is 901 g/mol. The van der Waals surface area contributed by atoms with Crippen molar-refractivity contribution in [3.63, 3.8) is 0 Å². The fourth-order valence-corrected chi connectivity index (χ4v) is 10.8. The van der Waals surface area contributed by atoms with Gasteiger partial charge in [-0.05, 0) is 110 Å². The zero-order chi connectivity index (χ0) is 44.8. The number of imide groups is 1. The van der Waals surface area contributed by atoms with Crippen LogP contribution in [0.5, 0.6) is 0 Å². The Morgan fingerprint density at radius 3 is 2.40 bits per heavy atom. The summed E-state index contributed by atoms with van der Waals surface area (Å²) in [5.74, 6) is -2.03. The average Bonchev–Trinajstić information content (AvgIpc) is 4.13. The second kappa shape index (κ2) is 17.8. The highest BCUT2D eigenvalue weighted by Crippen LogP contribution is 2.39. The second-order valence-electron chi connectivity index (χ2n) is 17.7. The van der Waals surface area contributed by atoms with Crippen molar-refractivity contribution < 1.29 is 32.8 Å². The maximum Gasteiger partial charge on any atom is 0.255 e. The second-order valence-corrected chi connectivity index (χ2v) is 18.6. The molecule has 0 radical (unpaired) electrons. The van der Waals surface area contributed by atoms with E-state index in [2.05, 4.69) is 30.8 Å². The number of carbonyl (C=O) groups is 5. The maximum absolute atomic E-state index is 15.9. The molecule has 3 saturated heterocycles. The van der Waals surface area contributed by atoms with Crippen molar-refractivity contribution in [2.75, 3.05) is 41.7 Å². The number of fused-ring (bicyclic) bond motifs is 2. The molecule has 14 nitrogen and oxygen atoms in total. The van der Waals surface area contributed by atoms with E-state index in [1.54, 1.807) is 36.1 Å². The molecule has 0 bridgehead atoms. The average molecular weight is 902 g/mol. The molecule has 65 heavy (non-hydrogen) atoms. The van der Waals surface area contributed by atoms with E-state index in [-0.39, 0.29) is 53.6 Å². The molecule has 5 amide bonds. The van der Waals surface area contributed by atoms with Crippen molar-refractivity contribution >= 4 is 57.4 Å². The van der Waals surface area contributed by atoms with Gasteiger partial charge in [-0.2, -0.15) is 0 Å². The number of benzene rings is 3. The summed E-state index contributed by atoms with van der Waals surface area (Å²) in [5.41, 5.74) is 5.35. The molecule has 3 N–H and O–H groups in total. The number of anilines is 3. The first-order chi connectivity index (χ1) is 31.6. The highest BCUT2D eigenvalue weighted by molar-refractivity contribution is 7.13. The third-order valence-electron chi connectivity index (χ3n) is 13.8. The number of aryl methyl sites for hydroxylation is 1. The van der Waals surface area contributed by atoms with E-state index >= 15 is 8.78 Å². The Bertz CT molecular complexity index is 2660. The summed E-state index contributed by atoms with van der Waals surface area (Å²) < 4.78 is 33.2. The smallest absolute Gasteiger partial charge is 0.255 e. The molecular formula is C48H49F2N9O5S. The summed E-state index contributed by atoms with van der Waals surface area (Å²) in [6.07, 6.45) is 9.10. The lowest BCUT2D eigenvalue weighted by Crippen LogP contribution is -2.47. The van der Waals surface area contributed by atoms with Gasteiger partial charge in [0.2, 0.25) is 17.7 Å². The van der Waals surface area contributed by atoms with Crippen LogP contribution in [0.1, 0.15) is 96.2 Å². The van der Waals surface area contributed by atoms with Crippen molar-refractivity contribution in [3.8, 4) is 11.1 Å². The Labute approximate surface area is 378 Å². The van der Waals surface area contributed by atoms with Crippen LogP contribution in [-0.4, -0.2) is 86.1 Å². The first-order valence-corrected chi connectivity index (χ1v) is 23.3. The molecular weight excluding hydrogens is 853 g/mol. The van der Waals surface area contributed by atoms with Crippen LogP contribution in [0.15, 0.2) is 72.5 Å². The third kappa shape index (κ3) is 8.60. The number of imidazole rings is 1. The van der Waals surface area contributed by atoms with Gasteiger partial charge in [-0.3, -0.25) is 34.6 Å². The van der Waals surface area contributed by atoms with Crippen molar-refractivity contribution in [3.05, 3.63) is 112 Å². The fraction of sp³-hybridized carbons (Fsp3) is 0.396. The number of nitrogens with one attached hydrogen (secondary N) is 3. The summed E-state index contributed by atoms with van der Waals surface area (Å²) in [6, 6.07) is 14.3. The number of piperidine rings is 3. The Balaban J connectivity index is 0.724. The zero-order valence-electron chi connectivity index (χ0n) is 35.7. The third-order valence-corrected chi connectivity index (χ3v) is 14.5. The Hall–Kier alpha value is -6.49. The molecule has 2 unspecified atom stereocenters. The van der Waals surface area contributed by atoms with Gasteiger partial charge in [0, 0.05) is 85.3 Å². The van der Waals surface area contributed by atoms with Crippen LogP contribution in [0.4, 0.5) is 25.3 Å².